The number of amides is 3. The fourth-order valence-corrected chi connectivity index (χ4v) is 3.02. The van der Waals surface area contributed by atoms with E-state index in [0.29, 0.717) is 5.75 Å². The number of rotatable bonds is 5. The van der Waals surface area contributed by atoms with E-state index in [1.807, 2.05) is 0 Å². The minimum atomic E-state index is -0.672. The van der Waals surface area contributed by atoms with Crippen molar-refractivity contribution in [2.45, 2.75) is 44.9 Å². The lowest BCUT2D eigenvalue weighted by molar-refractivity contribution is -0.118. The second-order valence-electron chi connectivity index (χ2n) is 7.61. The van der Waals surface area contributed by atoms with Gasteiger partial charge in [-0.1, -0.05) is 0 Å². The molecule has 3 heterocycles. The lowest BCUT2D eigenvalue weighted by atomic mass is 10.1. The summed E-state index contributed by atoms with van der Waals surface area (Å²) in [6.45, 7) is 4.93. The van der Waals surface area contributed by atoms with Crippen molar-refractivity contribution < 1.29 is 33.7 Å². The number of cyclic esters (lactones) is 1. The molecule has 29 heavy (non-hydrogen) atoms. The first-order chi connectivity index (χ1) is 13.7. The van der Waals surface area contributed by atoms with Gasteiger partial charge < -0.3 is 30.0 Å². The summed E-state index contributed by atoms with van der Waals surface area (Å²) in [7, 11) is 0. The fourth-order valence-electron chi connectivity index (χ4n) is 3.02. The van der Waals surface area contributed by atoms with E-state index in [0.717, 1.165) is 0 Å². The van der Waals surface area contributed by atoms with Gasteiger partial charge in [0.05, 0.1) is 6.04 Å². The minimum absolute atomic E-state index is 0.0208. The average Bonchev–Trinajstić information content (AvgIpc) is 2.93. The third-order valence-electron chi connectivity index (χ3n) is 4.18. The maximum atomic E-state index is 12.5. The molecule has 11 nitrogen and oxygen atoms in total. The highest BCUT2D eigenvalue weighted by molar-refractivity contribution is 5.95. The van der Waals surface area contributed by atoms with Crippen molar-refractivity contribution in [2.75, 3.05) is 30.0 Å². The fraction of sp³-hybridized carbons (Fsp3) is 0.556. The Balaban J connectivity index is 1.81. The Morgan fingerprint density at radius 2 is 2.17 bits per heavy atom. The van der Waals surface area contributed by atoms with Crippen LogP contribution >= 0.6 is 0 Å². The highest BCUT2D eigenvalue weighted by Gasteiger charge is 2.43. The first-order valence-electron chi connectivity index (χ1n) is 9.19. The van der Waals surface area contributed by atoms with Gasteiger partial charge in [-0.25, -0.2) is 14.6 Å². The normalized spacial score (nSPS) is 21.0. The number of aliphatic hydroxyl groups is 1. The Hall–Kier alpha value is -3.08. The molecule has 0 saturated carbocycles. The number of fused-ring (bicyclic) bond motifs is 1. The smallest absolute Gasteiger partial charge is 0.416 e. The summed E-state index contributed by atoms with van der Waals surface area (Å²) >= 11 is 0. The molecule has 1 saturated heterocycles. The van der Waals surface area contributed by atoms with Crippen LogP contribution in [0.15, 0.2) is 12.1 Å². The first kappa shape index (κ1) is 20.6. The molecule has 3 amide bonds. The van der Waals surface area contributed by atoms with Crippen LogP contribution in [-0.4, -0.2) is 65.7 Å². The maximum absolute atomic E-state index is 12.5. The number of hydrogen-bond donors (Lipinski definition) is 3. The van der Waals surface area contributed by atoms with Crippen LogP contribution in [-0.2, 0) is 14.3 Å². The van der Waals surface area contributed by atoms with Crippen molar-refractivity contribution in [3.8, 4) is 5.75 Å². The molecule has 0 aliphatic carbocycles. The van der Waals surface area contributed by atoms with Gasteiger partial charge in [-0.3, -0.25) is 9.69 Å². The molecule has 1 aromatic rings. The van der Waals surface area contributed by atoms with Crippen LogP contribution in [0.5, 0.6) is 5.75 Å². The summed E-state index contributed by atoms with van der Waals surface area (Å²) in [6.07, 6.45) is -1.78. The maximum Gasteiger partial charge on any atom is 0.416 e. The Labute approximate surface area is 167 Å². The minimum Gasteiger partial charge on any atom is -0.480 e. The molecule has 3 rings (SSSR count). The van der Waals surface area contributed by atoms with Gasteiger partial charge >= 0.3 is 12.2 Å². The van der Waals surface area contributed by atoms with Crippen molar-refractivity contribution in [2.24, 2.45) is 0 Å². The quantitative estimate of drug-likeness (QED) is 0.656. The number of carbonyl (C=O) groups is 3. The van der Waals surface area contributed by atoms with Gasteiger partial charge in [-0.05, 0) is 32.9 Å². The summed E-state index contributed by atoms with van der Waals surface area (Å²) in [5.74, 6) is 0.440. The van der Waals surface area contributed by atoms with E-state index < -0.39 is 29.9 Å². The number of carbonyl (C=O) groups excluding carboxylic acids is 3. The number of aliphatic hydroxyl groups excluding tert-OH is 1. The third kappa shape index (κ3) is 4.86. The van der Waals surface area contributed by atoms with Crippen molar-refractivity contribution in [3.05, 3.63) is 12.1 Å². The van der Waals surface area contributed by atoms with Crippen LogP contribution in [0, 0.1) is 0 Å². The molecule has 0 bridgehead atoms. The standard InChI is InChI=1S/C18H24N4O7/c1-18(2,3)29-16(25)19-8-10-11(6-7-23)28-17(26)22(10)13-5-4-12-15(20-13)21-14(24)9-27-12/h4-5,10-11,23H,6-9H2,1-3H3,(H,19,25)(H,20,21,24)/t10-,11-/m0/s1. The topological polar surface area (TPSA) is 139 Å². The largest absolute Gasteiger partial charge is 0.480 e. The molecule has 3 N–H and O–H groups in total. The predicted molar refractivity (Wildman–Crippen MR) is 101 cm³/mol. The number of anilines is 2. The van der Waals surface area contributed by atoms with E-state index in [-0.39, 0.29) is 43.7 Å². The summed E-state index contributed by atoms with van der Waals surface area (Å²) in [4.78, 5) is 41.6. The van der Waals surface area contributed by atoms with E-state index in [9.17, 15) is 19.5 Å². The molecule has 2 atom stereocenters. The van der Waals surface area contributed by atoms with Crippen LogP contribution in [0.25, 0.3) is 0 Å². The van der Waals surface area contributed by atoms with Crippen molar-refractivity contribution >= 4 is 29.7 Å². The Bertz CT molecular complexity index is 808. The molecule has 11 heteroatoms. The van der Waals surface area contributed by atoms with E-state index in [4.69, 9.17) is 14.2 Å². The molecule has 2 aliphatic heterocycles. The van der Waals surface area contributed by atoms with Crippen LogP contribution in [0.2, 0.25) is 0 Å². The van der Waals surface area contributed by atoms with Gasteiger partial charge in [-0.15, -0.1) is 0 Å². The zero-order valence-electron chi connectivity index (χ0n) is 16.4. The molecule has 2 aliphatic rings. The van der Waals surface area contributed by atoms with E-state index in [2.05, 4.69) is 15.6 Å². The molecule has 0 unspecified atom stereocenters. The SMILES string of the molecule is CC(C)(C)OC(=O)NC[C@H]1[C@H](CCO)OC(=O)N1c1ccc2c(n1)NC(=O)CO2. The van der Waals surface area contributed by atoms with Crippen LogP contribution < -0.4 is 20.3 Å². The second-order valence-corrected chi connectivity index (χ2v) is 7.61. The zero-order chi connectivity index (χ0) is 21.2. The number of nitrogens with zero attached hydrogens (tertiary/aromatic N) is 2. The van der Waals surface area contributed by atoms with E-state index >= 15 is 0 Å². The number of aromatic nitrogens is 1. The Kier molecular flexibility index (Phi) is 5.78. The highest BCUT2D eigenvalue weighted by atomic mass is 16.6. The van der Waals surface area contributed by atoms with Crippen molar-refractivity contribution in [3.63, 3.8) is 0 Å². The lowest BCUT2D eigenvalue weighted by Crippen LogP contribution is -2.47. The van der Waals surface area contributed by atoms with Gasteiger partial charge in [0.15, 0.2) is 18.2 Å². The van der Waals surface area contributed by atoms with Crippen molar-refractivity contribution in [1.82, 2.24) is 10.3 Å². The molecule has 0 spiro atoms. The monoisotopic (exact) mass is 408 g/mol. The summed E-state index contributed by atoms with van der Waals surface area (Å²) in [5.41, 5.74) is -0.672. The van der Waals surface area contributed by atoms with Crippen LogP contribution in [0.1, 0.15) is 27.2 Å². The van der Waals surface area contributed by atoms with Gasteiger partial charge in [0, 0.05) is 19.6 Å². The molecule has 0 radical (unpaired) electrons. The number of alkyl carbamates (subject to hydrolysis) is 1. The summed E-state index contributed by atoms with van der Waals surface area (Å²) in [6, 6.07) is 2.51. The van der Waals surface area contributed by atoms with E-state index in [1.165, 1.54) is 4.90 Å². The number of pyridine rings is 1. The van der Waals surface area contributed by atoms with E-state index in [1.54, 1.807) is 32.9 Å². The van der Waals surface area contributed by atoms with Gasteiger partial charge in [0.1, 0.15) is 17.5 Å². The molecular formula is C18H24N4O7. The van der Waals surface area contributed by atoms with Crippen LogP contribution in [0.3, 0.4) is 0 Å². The average molecular weight is 408 g/mol. The molecule has 1 aromatic heterocycles. The van der Waals surface area contributed by atoms with Gasteiger partial charge in [-0.2, -0.15) is 0 Å². The van der Waals surface area contributed by atoms with Gasteiger partial charge in [0.25, 0.3) is 5.91 Å². The third-order valence-corrected chi connectivity index (χ3v) is 4.18. The van der Waals surface area contributed by atoms with Crippen LogP contribution in [0.4, 0.5) is 21.2 Å². The highest BCUT2D eigenvalue weighted by Crippen LogP contribution is 2.32. The first-order valence-corrected chi connectivity index (χ1v) is 9.19. The van der Waals surface area contributed by atoms with Gasteiger partial charge in [0.2, 0.25) is 0 Å². The number of hydrogen-bond acceptors (Lipinski definition) is 8. The number of nitrogens with one attached hydrogen (secondary N) is 2. The Morgan fingerprint density at radius 1 is 1.41 bits per heavy atom. The Morgan fingerprint density at radius 3 is 2.86 bits per heavy atom. The van der Waals surface area contributed by atoms with Crippen molar-refractivity contribution in [1.29, 1.82) is 0 Å². The molecular weight excluding hydrogens is 384 g/mol. The molecule has 1 fully saturated rings. The molecule has 158 valence electrons. The lowest BCUT2D eigenvalue weighted by Gasteiger charge is -2.26. The number of ether oxygens (including phenoxy) is 3. The summed E-state index contributed by atoms with van der Waals surface area (Å²) < 4.78 is 15.9. The predicted octanol–water partition coefficient (Wildman–Crippen LogP) is 1.01. The second kappa shape index (κ2) is 8.11. The molecule has 0 aromatic carbocycles. The summed E-state index contributed by atoms with van der Waals surface area (Å²) in [5, 5.41) is 14.5. The zero-order valence-corrected chi connectivity index (χ0v) is 16.4.